The molecule has 1 saturated heterocycles. The third-order valence-corrected chi connectivity index (χ3v) is 6.66. The van der Waals surface area contributed by atoms with Crippen LogP contribution in [0.3, 0.4) is 0 Å². The van der Waals surface area contributed by atoms with Crippen molar-refractivity contribution in [2.45, 2.75) is 44.9 Å². The van der Waals surface area contributed by atoms with Crippen molar-refractivity contribution in [1.82, 2.24) is 4.72 Å². The van der Waals surface area contributed by atoms with Crippen molar-refractivity contribution in [3.8, 4) is 11.8 Å². The van der Waals surface area contributed by atoms with Crippen molar-refractivity contribution in [2.75, 3.05) is 18.0 Å². The Morgan fingerprint density at radius 3 is 2.31 bits per heavy atom. The van der Waals surface area contributed by atoms with E-state index in [1.54, 1.807) is 18.7 Å². The van der Waals surface area contributed by atoms with Crippen LogP contribution < -0.4 is 9.62 Å². The van der Waals surface area contributed by atoms with Gasteiger partial charge in [0.25, 0.3) is 0 Å². The monoisotopic (exact) mass is 410 g/mol. The van der Waals surface area contributed by atoms with Gasteiger partial charge in [-0.05, 0) is 69.0 Å². The first-order chi connectivity index (χ1) is 13.8. The molecule has 1 aliphatic rings. The van der Waals surface area contributed by atoms with Crippen LogP contribution in [0.2, 0.25) is 0 Å². The van der Waals surface area contributed by atoms with Crippen LogP contribution in [-0.4, -0.2) is 27.4 Å². The van der Waals surface area contributed by atoms with Crippen LogP contribution >= 0.6 is 0 Å². The maximum atomic E-state index is 12.6. The van der Waals surface area contributed by atoms with Crippen LogP contribution in [-0.2, 0) is 14.8 Å². The molecule has 1 N–H and O–H groups in total. The van der Waals surface area contributed by atoms with Crippen molar-refractivity contribution in [3.05, 3.63) is 58.7 Å². The van der Waals surface area contributed by atoms with E-state index in [1.165, 1.54) is 0 Å². The minimum atomic E-state index is -3.62. The molecule has 2 aromatic rings. The lowest BCUT2D eigenvalue weighted by Crippen LogP contribution is -2.35. The van der Waals surface area contributed by atoms with E-state index >= 15 is 0 Å². The molecule has 5 nitrogen and oxygen atoms in total. The van der Waals surface area contributed by atoms with Crippen molar-refractivity contribution in [2.24, 2.45) is 0 Å². The number of nitrogens with one attached hydrogen (secondary N) is 1. The summed E-state index contributed by atoms with van der Waals surface area (Å²) in [6, 6.07) is 11.2. The highest BCUT2D eigenvalue weighted by Crippen LogP contribution is 2.22. The summed E-state index contributed by atoms with van der Waals surface area (Å²) in [7, 11) is -3.62. The molecule has 0 aliphatic carbocycles. The summed E-state index contributed by atoms with van der Waals surface area (Å²) in [5.74, 6) is 5.99. The van der Waals surface area contributed by atoms with E-state index in [0.29, 0.717) is 11.3 Å². The summed E-state index contributed by atoms with van der Waals surface area (Å²) in [6.45, 7) is 6.33. The van der Waals surface area contributed by atoms with Gasteiger partial charge in [-0.2, -0.15) is 4.72 Å². The Morgan fingerprint density at radius 2 is 1.69 bits per heavy atom. The lowest BCUT2D eigenvalue weighted by molar-refractivity contribution is -0.119. The quantitative estimate of drug-likeness (QED) is 0.785. The maximum Gasteiger partial charge on any atom is 0.241 e. The normalized spacial score (nSPS) is 14.4. The zero-order valence-electron chi connectivity index (χ0n) is 17.1. The van der Waals surface area contributed by atoms with Crippen LogP contribution in [0.4, 0.5) is 5.69 Å². The predicted octanol–water partition coefficient (Wildman–Crippen LogP) is 3.46. The summed E-state index contributed by atoms with van der Waals surface area (Å²) >= 11 is 0. The molecule has 3 rings (SSSR count). The first-order valence-corrected chi connectivity index (χ1v) is 11.2. The van der Waals surface area contributed by atoms with Gasteiger partial charge in [-0.25, -0.2) is 8.42 Å². The highest BCUT2D eigenvalue weighted by Gasteiger charge is 2.20. The molecule has 1 amide bonds. The second-order valence-corrected chi connectivity index (χ2v) is 9.11. The average Bonchev–Trinajstić information content (AvgIpc) is 2.65. The molecule has 1 heterocycles. The molecule has 0 spiro atoms. The van der Waals surface area contributed by atoms with Gasteiger partial charge in [-0.15, -0.1) is 0 Å². The SMILES string of the molecule is Cc1cc(C)c(S(=O)(=O)NCC#Cc2ccc(N3CCCCC3=O)cc2)c(C)c1. The number of sulfonamides is 1. The summed E-state index contributed by atoms with van der Waals surface area (Å²) < 4.78 is 27.8. The number of anilines is 1. The molecular weight excluding hydrogens is 384 g/mol. The minimum Gasteiger partial charge on any atom is -0.312 e. The van der Waals surface area contributed by atoms with E-state index in [9.17, 15) is 13.2 Å². The van der Waals surface area contributed by atoms with Crippen molar-refractivity contribution in [1.29, 1.82) is 0 Å². The number of carbonyl (C=O) groups is 1. The molecule has 0 saturated carbocycles. The molecule has 0 atom stereocenters. The van der Waals surface area contributed by atoms with Crippen LogP contribution in [0.25, 0.3) is 0 Å². The zero-order chi connectivity index (χ0) is 21.0. The lowest BCUT2D eigenvalue weighted by atomic mass is 10.1. The fraction of sp³-hybridized carbons (Fsp3) is 0.348. The van der Waals surface area contributed by atoms with E-state index in [0.717, 1.165) is 47.3 Å². The second-order valence-electron chi connectivity index (χ2n) is 7.40. The molecule has 1 fully saturated rings. The topological polar surface area (TPSA) is 66.5 Å². The number of benzene rings is 2. The molecule has 0 aromatic heterocycles. The van der Waals surface area contributed by atoms with E-state index in [4.69, 9.17) is 0 Å². The number of nitrogens with zero attached hydrogens (tertiary/aromatic N) is 1. The number of piperidine rings is 1. The lowest BCUT2D eigenvalue weighted by Gasteiger charge is -2.26. The highest BCUT2D eigenvalue weighted by atomic mass is 32.2. The van der Waals surface area contributed by atoms with Crippen molar-refractivity contribution >= 4 is 21.6 Å². The molecule has 6 heteroatoms. The van der Waals surface area contributed by atoms with E-state index in [-0.39, 0.29) is 12.5 Å². The fourth-order valence-electron chi connectivity index (χ4n) is 3.74. The number of carbonyl (C=O) groups excluding carboxylic acids is 1. The standard InChI is InChI=1S/C23H26N2O3S/c1-17-15-18(2)23(19(3)16-17)29(27,28)24-13-6-7-20-9-11-21(12-10-20)25-14-5-4-8-22(25)26/h9-12,15-16,24H,4-5,8,13-14H2,1-3H3. The molecule has 1 aliphatic heterocycles. The smallest absolute Gasteiger partial charge is 0.241 e. The van der Waals surface area contributed by atoms with E-state index < -0.39 is 10.0 Å². The molecule has 2 aromatic carbocycles. The molecule has 0 radical (unpaired) electrons. The number of amides is 1. The van der Waals surface area contributed by atoms with Crippen LogP contribution in [0.5, 0.6) is 0 Å². The number of rotatable bonds is 4. The van der Waals surface area contributed by atoms with Crippen LogP contribution in [0, 0.1) is 32.6 Å². The highest BCUT2D eigenvalue weighted by molar-refractivity contribution is 7.89. The third-order valence-electron chi connectivity index (χ3n) is 4.96. The Kier molecular flexibility index (Phi) is 6.41. The first-order valence-electron chi connectivity index (χ1n) is 9.75. The molecule has 29 heavy (non-hydrogen) atoms. The van der Waals surface area contributed by atoms with Gasteiger partial charge >= 0.3 is 0 Å². The van der Waals surface area contributed by atoms with E-state index in [1.807, 2.05) is 43.3 Å². The van der Waals surface area contributed by atoms with Crippen LogP contribution in [0.15, 0.2) is 41.3 Å². The number of hydrogen-bond donors (Lipinski definition) is 1. The van der Waals surface area contributed by atoms with Gasteiger partial charge in [0.05, 0.1) is 11.4 Å². The Balaban J connectivity index is 1.65. The molecule has 152 valence electrons. The van der Waals surface area contributed by atoms with Gasteiger partial charge in [0.1, 0.15) is 0 Å². The Hall–Kier alpha value is -2.62. The molecular formula is C23H26N2O3S. The largest absolute Gasteiger partial charge is 0.312 e. The summed E-state index contributed by atoms with van der Waals surface area (Å²) in [5, 5.41) is 0. The number of aryl methyl sites for hydroxylation is 3. The first kappa shape index (κ1) is 21.1. The van der Waals surface area contributed by atoms with Gasteiger partial charge in [0.15, 0.2) is 0 Å². The predicted molar refractivity (Wildman–Crippen MR) is 115 cm³/mol. The average molecular weight is 411 g/mol. The van der Waals surface area contributed by atoms with E-state index in [2.05, 4.69) is 16.6 Å². The molecule has 0 unspecified atom stereocenters. The van der Waals surface area contributed by atoms with Gasteiger partial charge in [-0.1, -0.05) is 29.5 Å². The van der Waals surface area contributed by atoms with Crippen LogP contribution in [0.1, 0.15) is 41.5 Å². The summed E-state index contributed by atoms with van der Waals surface area (Å²) in [6.07, 6.45) is 2.57. The molecule has 0 bridgehead atoms. The van der Waals surface area contributed by atoms with Gasteiger partial charge in [0, 0.05) is 24.2 Å². The van der Waals surface area contributed by atoms with Gasteiger partial charge < -0.3 is 4.90 Å². The van der Waals surface area contributed by atoms with Crippen molar-refractivity contribution < 1.29 is 13.2 Å². The fourth-order valence-corrected chi connectivity index (χ4v) is 5.12. The van der Waals surface area contributed by atoms with Crippen molar-refractivity contribution in [3.63, 3.8) is 0 Å². The zero-order valence-corrected chi connectivity index (χ0v) is 17.9. The Bertz CT molecular complexity index is 1050. The second kappa shape index (κ2) is 8.81. The Morgan fingerprint density at radius 1 is 1.03 bits per heavy atom. The van der Waals surface area contributed by atoms with Gasteiger partial charge in [-0.3, -0.25) is 4.79 Å². The van der Waals surface area contributed by atoms with Gasteiger partial charge in [0.2, 0.25) is 15.9 Å². The third kappa shape index (κ3) is 5.06. The summed E-state index contributed by atoms with van der Waals surface area (Å²) in [4.78, 5) is 14.1. The minimum absolute atomic E-state index is 0.0292. The maximum absolute atomic E-state index is 12.6. The Labute approximate surface area is 173 Å². The summed E-state index contributed by atoms with van der Waals surface area (Å²) in [5.41, 5.74) is 4.15. The number of hydrogen-bond acceptors (Lipinski definition) is 3.